The van der Waals surface area contributed by atoms with Crippen LogP contribution in [0.15, 0.2) is 88.8 Å². The lowest BCUT2D eigenvalue weighted by Crippen LogP contribution is -2.44. The number of aliphatic hydroxyl groups excluding tert-OH is 2. The van der Waals surface area contributed by atoms with Gasteiger partial charge in [0.25, 0.3) is 5.91 Å². The van der Waals surface area contributed by atoms with Crippen LogP contribution in [-0.4, -0.2) is 90.2 Å². The van der Waals surface area contributed by atoms with Gasteiger partial charge in [-0.2, -0.15) is 0 Å². The van der Waals surface area contributed by atoms with Gasteiger partial charge in [0, 0.05) is 43.9 Å². The average molecular weight is 898 g/mol. The van der Waals surface area contributed by atoms with Crippen LogP contribution in [0.1, 0.15) is 109 Å². The van der Waals surface area contributed by atoms with Crippen LogP contribution < -0.4 is 16.4 Å². The first-order valence-corrected chi connectivity index (χ1v) is 23.4. The van der Waals surface area contributed by atoms with Crippen LogP contribution in [0, 0.1) is 35.0 Å². The molecule has 1 heterocycles. The quantitative estimate of drug-likeness (QED) is 0.0807. The molecule has 7 N–H and O–H groups in total. The van der Waals surface area contributed by atoms with Crippen molar-refractivity contribution in [3.63, 3.8) is 0 Å². The number of carbonyl (C=O) groups is 4. The van der Waals surface area contributed by atoms with E-state index in [9.17, 15) is 34.5 Å². The first kappa shape index (κ1) is 49.6. The monoisotopic (exact) mass is 898 g/mol. The summed E-state index contributed by atoms with van der Waals surface area (Å²) in [5.41, 5.74) is 9.11. The zero-order chi connectivity index (χ0) is 47.2. The van der Waals surface area contributed by atoms with Crippen molar-refractivity contribution in [1.29, 1.82) is 0 Å². The van der Waals surface area contributed by atoms with E-state index in [2.05, 4.69) is 29.7 Å². The van der Waals surface area contributed by atoms with Crippen LogP contribution in [0.5, 0.6) is 5.75 Å². The van der Waals surface area contributed by atoms with E-state index in [1.54, 1.807) is 32.1 Å². The van der Waals surface area contributed by atoms with E-state index >= 15 is 0 Å². The maximum atomic E-state index is 14.1. The van der Waals surface area contributed by atoms with Gasteiger partial charge in [0.2, 0.25) is 11.6 Å². The second-order valence-corrected chi connectivity index (χ2v) is 19.5. The van der Waals surface area contributed by atoms with Gasteiger partial charge >= 0.3 is 6.09 Å². The summed E-state index contributed by atoms with van der Waals surface area (Å²) < 4.78 is 16.8. The van der Waals surface area contributed by atoms with E-state index in [1.165, 1.54) is 31.4 Å². The Hall–Kier alpha value is -4.82. The number of aromatic hydroxyl groups is 1. The third-order valence-electron chi connectivity index (χ3n) is 15.1. The number of hydrogen-bond donors (Lipinski definition) is 6. The van der Waals surface area contributed by atoms with Gasteiger partial charge in [-0.25, -0.2) is 4.79 Å². The minimum atomic E-state index is -1.01. The lowest BCUT2D eigenvalue weighted by atomic mass is 9.55. The van der Waals surface area contributed by atoms with E-state index in [-0.39, 0.29) is 52.3 Å². The van der Waals surface area contributed by atoms with E-state index in [0.29, 0.717) is 42.0 Å². The molecule has 13 heteroatoms. The first-order valence-electron chi connectivity index (χ1n) is 23.4. The van der Waals surface area contributed by atoms with Crippen molar-refractivity contribution < 1.29 is 48.7 Å². The van der Waals surface area contributed by atoms with Crippen molar-refractivity contribution in [3.8, 4) is 5.75 Å². The number of phenolic OH excluding ortho intramolecular Hbond substituents is 1. The van der Waals surface area contributed by atoms with Crippen molar-refractivity contribution in [1.82, 2.24) is 10.6 Å². The highest BCUT2D eigenvalue weighted by atomic mass is 16.6. The number of Topliss-reactive ketones (excluding diaryl/α,β-unsaturated/α-hetero) is 1. The summed E-state index contributed by atoms with van der Waals surface area (Å²) in [6, 6.07) is 5.87. The molecular weight excluding hydrogens is 827 g/mol. The fourth-order valence-corrected chi connectivity index (χ4v) is 11.6. The maximum absolute atomic E-state index is 14.1. The summed E-state index contributed by atoms with van der Waals surface area (Å²) in [5.74, 6) is -0.0982. The molecule has 0 unspecified atom stereocenters. The molecule has 354 valence electrons. The minimum absolute atomic E-state index is 0.0786. The number of fused-ring (bicyclic) bond motifs is 7. The molecule has 0 spiro atoms. The van der Waals surface area contributed by atoms with Gasteiger partial charge in [0.05, 0.1) is 29.7 Å². The number of amides is 2. The number of carbonyl (C=O) groups excluding carboxylic acids is 4. The third kappa shape index (κ3) is 11.2. The molecule has 1 aromatic carbocycles. The Labute approximate surface area is 384 Å². The fourth-order valence-electron chi connectivity index (χ4n) is 11.6. The van der Waals surface area contributed by atoms with Crippen molar-refractivity contribution >= 4 is 23.6 Å². The predicted molar refractivity (Wildman–Crippen MR) is 248 cm³/mol. The number of aryl methyl sites for hydroxylation is 1. The highest BCUT2D eigenvalue weighted by Gasteiger charge is 2.57. The number of hydrogen-bond acceptors (Lipinski definition) is 11. The Kier molecular flexibility index (Phi) is 16.5. The predicted octanol–water partition coefficient (Wildman–Crippen LogP) is 6.93. The van der Waals surface area contributed by atoms with Gasteiger partial charge in [-0.1, -0.05) is 63.3 Å². The van der Waals surface area contributed by atoms with Crippen molar-refractivity contribution in [3.05, 3.63) is 100.0 Å². The number of nitrogens with one attached hydrogen (secondary N) is 2. The van der Waals surface area contributed by atoms with Gasteiger partial charge in [0.1, 0.15) is 11.9 Å². The molecular formula is C52H71N3O10. The van der Waals surface area contributed by atoms with Gasteiger partial charge in [0.15, 0.2) is 6.10 Å². The van der Waals surface area contributed by atoms with E-state index < -0.39 is 53.9 Å². The Morgan fingerprint density at radius 2 is 1.83 bits per heavy atom. The van der Waals surface area contributed by atoms with Crippen LogP contribution >= 0.6 is 0 Å². The van der Waals surface area contributed by atoms with Crippen LogP contribution in [-0.2, 0) is 35.0 Å². The summed E-state index contributed by atoms with van der Waals surface area (Å²) in [5, 5.41) is 39.1. The summed E-state index contributed by atoms with van der Waals surface area (Å²) in [7, 11) is 2.95. The van der Waals surface area contributed by atoms with Crippen LogP contribution in [0.4, 0.5) is 4.79 Å². The number of nitrogens with two attached hydrogens (primary N) is 1. The van der Waals surface area contributed by atoms with Crippen molar-refractivity contribution in [2.75, 3.05) is 20.8 Å². The summed E-state index contributed by atoms with van der Waals surface area (Å²) in [4.78, 5) is 53.2. The average Bonchev–Trinajstić information content (AvgIpc) is 3.53. The molecule has 1 aliphatic heterocycles. The number of ketones is 2. The molecule has 0 radical (unpaired) electrons. The van der Waals surface area contributed by atoms with E-state index in [1.807, 2.05) is 32.1 Å². The van der Waals surface area contributed by atoms with Gasteiger partial charge in [-0.3, -0.25) is 14.4 Å². The number of phenols is 1. The SMILES string of the molecule is CO[C@H]1/C=C\C=C(/C)C(=O)NC2=CC(=O)C(NC/C=C/CCC[C@@H]3C[C@H]4[C@@H]5CCc6cc(O)ccc6[C@H]5CC[C@]4(C)[C@H]3O)=C(C[C@@H](C)C[C@H](OC)[C@H](O)[C@@H](C)/C=C(\C)[C@@H]1OC(N)=O)C2=O. The molecule has 12 atom stereocenters. The minimum Gasteiger partial charge on any atom is -0.508 e. The highest BCUT2D eigenvalue weighted by Crippen LogP contribution is 2.63. The Balaban J connectivity index is 1.12. The Bertz CT molecular complexity index is 2140. The summed E-state index contributed by atoms with van der Waals surface area (Å²) in [6.45, 7) is 9.65. The van der Waals surface area contributed by atoms with Crippen LogP contribution in [0.25, 0.3) is 0 Å². The molecule has 0 saturated heterocycles. The molecule has 1 aromatic rings. The van der Waals surface area contributed by atoms with Crippen LogP contribution in [0.3, 0.4) is 0 Å². The largest absolute Gasteiger partial charge is 0.508 e. The maximum Gasteiger partial charge on any atom is 0.405 e. The third-order valence-corrected chi connectivity index (χ3v) is 15.1. The first-order chi connectivity index (χ1) is 31.0. The standard InChI is InChI=1S/C52H71N3O10/c1-29-23-39-45(54-22-11-9-8-10-14-34-27-40-38-18-16-33-26-35(56)17-19-36(33)37(38)20-21-52(40,5)49(34)60)42(57)28-41(47(39)59)55-50(61)30(2)13-12-15-43(63-6)48(65-51(53)62)32(4)25-31(3)46(58)44(24-29)64-7/h9,11-13,15,17,19,25-26,28-29,31,34,37-38,40,43-44,46,48-49,54,56,58,60H,8,10,14,16,18,20-24,27H2,1-7H3,(H2,53,62)(H,55,61)/b11-9+,15-12-,30-13+,32-25+/t29-,31+,34-,37-,38-,40+,43+,44+,46-,48+,49+,52+/m1/s1. The Morgan fingerprint density at radius 1 is 1.06 bits per heavy atom. The van der Waals surface area contributed by atoms with Crippen molar-refractivity contribution in [2.24, 2.45) is 40.7 Å². The molecule has 2 saturated carbocycles. The zero-order valence-corrected chi connectivity index (χ0v) is 39.2. The molecule has 6 rings (SSSR count). The normalized spacial score (nSPS) is 35.7. The number of primary amides is 1. The molecule has 5 aliphatic rings. The van der Waals surface area contributed by atoms with E-state index in [0.717, 1.165) is 57.4 Å². The molecule has 4 aliphatic carbocycles. The Morgan fingerprint density at radius 3 is 2.55 bits per heavy atom. The highest BCUT2D eigenvalue weighted by molar-refractivity contribution is 6.23. The number of aliphatic hydroxyl groups is 2. The molecule has 2 fully saturated rings. The number of ether oxygens (including phenoxy) is 3. The molecule has 13 nitrogen and oxygen atoms in total. The number of unbranched alkanes of at least 4 members (excludes halogenated alkanes) is 1. The lowest BCUT2D eigenvalue weighted by Gasteiger charge is -2.50. The number of methoxy groups -OCH3 is 2. The van der Waals surface area contributed by atoms with E-state index in [4.69, 9.17) is 19.9 Å². The smallest absolute Gasteiger partial charge is 0.405 e. The topological polar surface area (TPSA) is 207 Å². The number of benzene rings is 1. The second-order valence-electron chi connectivity index (χ2n) is 19.5. The number of rotatable bonds is 10. The van der Waals surface area contributed by atoms with Gasteiger partial charge in [-0.05, 0) is 142 Å². The lowest BCUT2D eigenvalue weighted by molar-refractivity contribution is -0.120. The molecule has 2 bridgehead atoms. The van der Waals surface area contributed by atoms with Crippen LogP contribution in [0.2, 0.25) is 0 Å². The second kappa shape index (κ2) is 21.7. The summed E-state index contributed by atoms with van der Waals surface area (Å²) in [6.07, 6.45) is 15.3. The van der Waals surface area contributed by atoms with Crippen molar-refractivity contribution in [2.45, 2.75) is 135 Å². The van der Waals surface area contributed by atoms with Gasteiger partial charge < -0.3 is 45.9 Å². The fraction of sp³-hybridized carbons (Fsp3) is 0.577. The van der Waals surface area contributed by atoms with Gasteiger partial charge in [-0.15, -0.1) is 0 Å². The number of allylic oxidation sites excluding steroid dienone is 5. The molecule has 2 amide bonds. The summed E-state index contributed by atoms with van der Waals surface area (Å²) >= 11 is 0. The molecule has 65 heavy (non-hydrogen) atoms. The molecule has 0 aromatic heterocycles. The zero-order valence-electron chi connectivity index (χ0n) is 39.2.